The van der Waals surface area contributed by atoms with Crippen molar-refractivity contribution >= 4 is 5.91 Å². The summed E-state index contributed by atoms with van der Waals surface area (Å²) in [6, 6.07) is 1.96. The van der Waals surface area contributed by atoms with Crippen LogP contribution >= 0.6 is 0 Å². The molecule has 1 aromatic heterocycles. The quantitative estimate of drug-likeness (QED) is 0.716. The van der Waals surface area contributed by atoms with Crippen molar-refractivity contribution in [3.63, 3.8) is 0 Å². The van der Waals surface area contributed by atoms with Gasteiger partial charge in [0.1, 0.15) is 0 Å². The summed E-state index contributed by atoms with van der Waals surface area (Å²) in [5.41, 5.74) is 1.92. The molecule has 5 heteroatoms. The number of rotatable bonds is 2. The van der Waals surface area contributed by atoms with Crippen LogP contribution in [-0.2, 0) is 23.0 Å². The minimum Gasteiger partial charge on any atom is -0.378 e. The third-order valence-corrected chi connectivity index (χ3v) is 2.80. The van der Waals surface area contributed by atoms with Gasteiger partial charge in [0.25, 0.3) is 0 Å². The van der Waals surface area contributed by atoms with Crippen LogP contribution in [0.5, 0.6) is 0 Å². The number of morpholine rings is 1. The van der Waals surface area contributed by atoms with Crippen molar-refractivity contribution in [1.29, 1.82) is 0 Å². The first-order valence-corrected chi connectivity index (χ1v) is 5.52. The highest BCUT2D eigenvalue weighted by Gasteiger charge is 2.18. The van der Waals surface area contributed by atoms with Gasteiger partial charge in [0.05, 0.1) is 25.3 Å². The fraction of sp³-hybridized carbons (Fsp3) is 0.636. The third-order valence-electron chi connectivity index (χ3n) is 2.80. The molecule has 0 N–H and O–H groups in total. The molecule has 0 aliphatic carbocycles. The Bertz CT molecular complexity index is 381. The van der Waals surface area contributed by atoms with Crippen LogP contribution < -0.4 is 0 Å². The molecule has 0 aromatic carbocycles. The van der Waals surface area contributed by atoms with Gasteiger partial charge < -0.3 is 9.64 Å². The Morgan fingerprint density at radius 2 is 2.19 bits per heavy atom. The summed E-state index contributed by atoms with van der Waals surface area (Å²) < 4.78 is 6.99. The molecule has 88 valence electrons. The van der Waals surface area contributed by atoms with Crippen LogP contribution in [0, 0.1) is 6.92 Å². The molecule has 0 saturated carbocycles. The number of hydrogen-bond acceptors (Lipinski definition) is 3. The Kier molecular flexibility index (Phi) is 3.24. The Balaban J connectivity index is 1.98. The predicted octanol–water partition coefficient (Wildman–Crippen LogP) is 0.130. The van der Waals surface area contributed by atoms with Gasteiger partial charge >= 0.3 is 0 Å². The zero-order valence-electron chi connectivity index (χ0n) is 9.77. The Morgan fingerprint density at radius 3 is 2.75 bits per heavy atom. The molecule has 0 spiro atoms. The van der Waals surface area contributed by atoms with Crippen molar-refractivity contribution in [1.82, 2.24) is 14.7 Å². The largest absolute Gasteiger partial charge is 0.378 e. The fourth-order valence-corrected chi connectivity index (χ4v) is 1.91. The third kappa shape index (κ3) is 2.41. The Labute approximate surface area is 95.0 Å². The van der Waals surface area contributed by atoms with Gasteiger partial charge in [-0.1, -0.05) is 0 Å². The lowest BCUT2D eigenvalue weighted by molar-refractivity contribution is -0.134. The molecule has 0 bridgehead atoms. The molecule has 1 aromatic rings. The number of aryl methyl sites for hydroxylation is 2. The maximum absolute atomic E-state index is 12.0. The van der Waals surface area contributed by atoms with E-state index in [-0.39, 0.29) is 5.91 Å². The summed E-state index contributed by atoms with van der Waals surface area (Å²) in [5.74, 6) is 0.159. The second-order valence-electron chi connectivity index (χ2n) is 4.07. The summed E-state index contributed by atoms with van der Waals surface area (Å²) in [6.45, 7) is 4.64. The summed E-state index contributed by atoms with van der Waals surface area (Å²) in [7, 11) is 1.87. The van der Waals surface area contributed by atoms with Crippen LogP contribution in [0.1, 0.15) is 11.4 Å². The van der Waals surface area contributed by atoms with Crippen molar-refractivity contribution in [3.05, 3.63) is 17.5 Å². The average Bonchev–Trinajstić information content (AvgIpc) is 2.59. The molecule has 16 heavy (non-hydrogen) atoms. The van der Waals surface area contributed by atoms with Gasteiger partial charge in [0, 0.05) is 25.8 Å². The molecule has 5 nitrogen and oxygen atoms in total. The molecule has 1 fully saturated rings. The molecular formula is C11H17N3O2. The number of ether oxygens (including phenoxy) is 1. The van der Waals surface area contributed by atoms with Crippen molar-refractivity contribution in [2.24, 2.45) is 7.05 Å². The summed E-state index contributed by atoms with van der Waals surface area (Å²) in [6.07, 6.45) is 0.428. The average molecular weight is 223 g/mol. The second-order valence-corrected chi connectivity index (χ2v) is 4.07. The van der Waals surface area contributed by atoms with Crippen LogP contribution in [0.2, 0.25) is 0 Å². The van der Waals surface area contributed by atoms with Gasteiger partial charge in [-0.3, -0.25) is 9.48 Å². The lowest BCUT2D eigenvalue weighted by Crippen LogP contribution is -2.41. The molecule has 0 atom stereocenters. The molecule has 1 aliphatic heterocycles. The van der Waals surface area contributed by atoms with E-state index < -0.39 is 0 Å². The van der Waals surface area contributed by atoms with Gasteiger partial charge in [0.15, 0.2) is 0 Å². The minimum absolute atomic E-state index is 0.159. The van der Waals surface area contributed by atoms with Crippen molar-refractivity contribution in [2.45, 2.75) is 13.3 Å². The number of carbonyl (C=O) groups is 1. The van der Waals surface area contributed by atoms with E-state index in [4.69, 9.17) is 4.74 Å². The number of nitrogens with zero attached hydrogens (tertiary/aromatic N) is 3. The van der Waals surface area contributed by atoms with Gasteiger partial charge in [-0.05, 0) is 13.0 Å². The fourth-order valence-electron chi connectivity index (χ4n) is 1.91. The van der Waals surface area contributed by atoms with Gasteiger partial charge in [-0.15, -0.1) is 0 Å². The normalized spacial score (nSPS) is 16.5. The molecule has 1 amide bonds. The SMILES string of the molecule is Cc1cc(CC(=O)N2CCOCC2)n(C)n1. The topological polar surface area (TPSA) is 47.4 Å². The van der Waals surface area contributed by atoms with Gasteiger partial charge in [-0.2, -0.15) is 5.10 Å². The van der Waals surface area contributed by atoms with E-state index in [1.165, 1.54) is 0 Å². The zero-order chi connectivity index (χ0) is 11.5. The monoisotopic (exact) mass is 223 g/mol. The van der Waals surface area contributed by atoms with Gasteiger partial charge in [0.2, 0.25) is 5.91 Å². The van der Waals surface area contributed by atoms with Crippen LogP contribution in [-0.4, -0.2) is 46.9 Å². The van der Waals surface area contributed by atoms with E-state index in [2.05, 4.69) is 5.10 Å². The maximum atomic E-state index is 12.0. The van der Waals surface area contributed by atoms with E-state index in [9.17, 15) is 4.79 Å². The van der Waals surface area contributed by atoms with Crippen LogP contribution in [0.25, 0.3) is 0 Å². The lowest BCUT2D eigenvalue weighted by Gasteiger charge is -2.26. The molecule has 1 saturated heterocycles. The number of amides is 1. The second kappa shape index (κ2) is 4.65. The van der Waals surface area contributed by atoms with E-state index in [1.807, 2.05) is 24.9 Å². The molecular weight excluding hydrogens is 206 g/mol. The molecule has 0 radical (unpaired) electrons. The standard InChI is InChI=1S/C11H17N3O2/c1-9-7-10(13(2)12-9)8-11(15)14-3-5-16-6-4-14/h7H,3-6,8H2,1-2H3. The van der Waals surface area contributed by atoms with E-state index >= 15 is 0 Å². The molecule has 2 heterocycles. The summed E-state index contributed by atoms with van der Waals surface area (Å²) in [4.78, 5) is 13.8. The van der Waals surface area contributed by atoms with Crippen LogP contribution in [0.4, 0.5) is 0 Å². The van der Waals surface area contributed by atoms with Crippen molar-refractivity contribution in [2.75, 3.05) is 26.3 Å². The summed E-state index contributed by atoms with van der Waals surface area (Å²) >= 11 is 0. The molecule has 2 rings (SSSR count). The first-order valence-electron chi connectivity index (χ1n) is 5.52. The Morgan fingerprint density at radius 1 is 1.50 bits per heavy atom. The first-order chi connectivity index (χ1) is 7.66. The lowest BCUT2D eigenvalue weighted by atomic mass is 10.2. The van der Waals surface area contributed by atoms with E-state index in [1.54, 1.807) is 4.68 Å². The Hall–Kier alpha value is -1.36. The highest BCUT2D eigenvalue weighted by molar-refractivity contribution is 5.78. The predicted molar refractivity (Wildman–Crippen MR) is 59.0 cm³/mol. The van der Waals surface area contributed by atoms with E-state index in [0.29, 0.717) is 32.7 Å². The van der Waals surface area contributed by atoms with Crippen molar-refractivity contribution < 1.29 is 9.53 Å². The number of carbonyl (C=O) groups excluding carboxylic acids is 1. The highest BCUT2D eigenvalue weighted by atomic mass is 16.5. The van der Waals surface area contributed by atoms with E-state index in [0.717, 1.165) is 11.4 Å². The van der Waals surface area contributed by atoms with Crippen LogP contribution in [0.15, 0.2) is 6.07 Å². The smallest absolute Gasteiger partial charge is 0.228 e. The van der Waals surface area contributed by atoms with Crippen LogP contribution in [0.3, 0.4) is 0 Å². The highest BCUT2D eigenvalue weighted by Crippen LogP contribution is 2.06. The number of hydrogen-bond donors (Lipinski definition) is 0. The van der Waals surface area contributed by atoms with Gasteiger partial charge in [-0.25, -0.2) is 0 Å². The molecule has 1 aliphatic rings. The summed E-state index contributed by atoms with van der Waals surface area (Å²) in [5, 5.41) is 4.23. The zero-order valence-corrected chi connectivity index (χ0v) is 9.77. The maximum Gasteiger partial charge on any atom is 0.228 e. The minimum atomic E-state index is 0.159. The number of aromatic nitrogens is 2. The van der Waals surface area contributed by atoms with Crippen molar-refractivity contribution in [3.8, 4) is 0 Å². The first kappa shape index (κ1) is 11.1. The molecule has 0 unspecified atom stereocenters.